The van der Waals surface area contributed by atoms with Crippen LogP contribution in [0.4, 0.5) is 0 Å². The molecule has 15 heavy (non-hydrogen) atoms. The first-order chi connectivity index (χ1) is 7.20. The molecular weight excluding hydrogens is 273 g/mol. The first kappa shape index (κ1) is 11.4. The van der Waals surface area contributed by atoms with Crippen molar-refractivity contribution < 1.29 is 0 Å². The Hall–Kier alpha value is -0.0500. The van der Waals surface area contributed by atoms with E-state index in [1.807, 2.05) is 18.2 Å². The molecule has 1 saturated carbocycles. The molecule has 82 valence electrons. The van der Waals surface area contributed by atoms with Crippen molar-refractivity contribution >= 4 is 27.5 Å². The van der Waals surface area contributed by atoms with Gasteiger partial charge in [-0.3, -0.25) is 0 Å². The summed E-state index contributed by atoms with van der Waals surface area (Å²) >= 11 is 9.49. The van der Waals surface area contributed by atoms with E-state index in [4.69, 9.17) is 11.6 Å². The van der Waals surface area contributed by atoms with Crippen molar-refractivity contribution in [3.8, 4) is 0 Å². The van der Waals surface area contributed by atoms with Crippen molar-refractivity contribution in [2.75, 3.05) is 0 Å². The van der Waals surface area contributed by atoms with E-state index in [0.29, 0.717) is 0 Å². The predicted octanol–water partition coefficient (Wildman–Crippen LogP) is 3.99. The van der Waals surface area contributed by atoms with Crippen LogP contribution < -0.4 is 5.32 Å². The van der Waals surface area contributed by atoms with Crippen molar-refractivity contribution in [2.24, 2.45) is 5.92 Å². The smallest absolute Gasteiger partial charge is 0.0410 e. The van der Waals surface area contributed by atoms with Gasteiger partial charge in [-0.05, 0) is 36.1 Å². The average molecular weight is 289 g/mol. The van der Waals surface area contributed by atoms with Gasteiger partial charge >= 0.3 is 0 Å². The van der Waals surface area contributed by atoms with Gasteiger partial charge in [-0.2, -0.15) is 0 Å². The maximum Gasteiger partial charge on any atom is 0.0410 e. The third-order valence-corrected chi connectivity index (χ3v) is 4.02. The molecule has 0 amide bonds. The van der Waals surface area contributed by atoms with Gasteiger partial charge in [-0.25, -0.2) is 0 Å². The fourth-order valence-electron chi connectivity index (χ4n) is 1.87. The van der Waals surface area contributed by atoms with Crippen LogP contribution in [0.2, 0.25) is 5.02 Å². The molecule has 1 aliphatic carbocycles. The molecule has 0 bridgehead atoms. The van der Waals surface area contributed by atoms with Gasteiger partial charge in [0.15, 0.2) is 0 Å². The average Bonchev–Trinajstić information content (AvgIpc) is 2.98. The van der Waals surface area contributed by atoms with Crippen LogP contribution in [0.5, 0.6) is 0 Å². The fraction of sp³-hybridized carbons (Fsp3) is 0.500. The van der Waals surface area contributed by atoms with Crippen molar-refractivity contribution in [1.82, 2.24) is 5.32 Å². The van der Waals surface area contributed by atoms with Crippen LogP contribution in [0, 0.1) is 5.92 Å². The molecular formula is C12H15BrClN. The molecule has 1 aliphatic rings. The highest BCUT2D eigenvalue weighted by Crippen LogP contribution is 2.33. The number of benzene rings is 1. The second kappa shape index (κ2) is 4.86. The maximum absolute atomic E-state index is 5.96. The molecule has 0 radical (unpaired) electrons. The molecule has 1 aromatic rings. The largest absolute Gasteiger partial charge is 0.310 e. The highest BCUT2D eigenvalue weighted by molar-refractivity contribution is 9.10. The minimum atomic E-state index is 0.723. The molecule has 3 heteroatoms. The lowest BCUT2D eigenvalue weighted by Gasteiger charge is -2.06. The summed E-state index contributed by atoms with van der Waals surface area (Å²) < 4.78 is 1.13. The first-order valence-electron chi connectivity index (χ1n) is 5.38. The molecule has 0 saturated heterocycles. The third kappa shape index (κ3) is 2.96. The summed E-state index contributed by atoms with van der Waals surface area (Å²) in [5.41, 5.74) is 1.24. The lowest BCUT2D eigenvalue weighted by atomic mass is 10.2. The van der Waals surface area contributed by atoms with E-state index in [-0.39, 0.29) is 0 Å². The number of hydrogen-bond acceptors (Lipinski definition) is 1. The summed E-state index contributed by atoms with van der Waals surface area (Å²) in [4.78, 5) is 0. The predicted molar refractivity (Wildman–Crippen MR) is 68.2 cm³/mol. The zero-order chi connectivity index (χ0) is 10.8. The molecule has 0 heterocycles. The molecule has 1 aromatic carbocycles. The van der Waals surface area contributed by atoms with Crippen LogP contribution >= 0.6 is 27.5 Å². The van der Waals surface area contributed by atoms with E-state index >= 15 is 0 Å². The maximum atomic E-state index is 5.96. The topological polar surface area (TPSA) is 12.0 Å². The van der Waals surface area contributed by atoms with Crippen molar-refractivity contribution in [3.05, 3.63) is 33.3 Å². The van der Waals surface area contributed by atoms with E-state index < -0.39 is 0 Å². The lowest BCUT2D eigenvalue weighted by Crippen LogP contribution is -2.17. The van der Waals surface area contributed by atoms with Crippen LogP contribution in [-0.4, -0.2) is 6.04 Å². The summed E-state index contributed by atoms with van der Waals surface area (Å²) in [5, 5.41) is 4.36. The Morgan fingerprint density at radius 2 is 2.33 bits per heavy atom. The van der Waals surface area contributed by atoms with E-state index in [1.54, 1.807) is 0 Å². The number of hydrogen-bond donors (Lipinski definition) is 1. The molecule has 0 spiro atoms. The van der Waals surface area contributed by atoms with Gasteiger partial charge in [-0.1, -0.05) is 40.9 Å². The monoisotopic (exact) mass is 287 g/mol. The number of rotatable bonds is 4. The third-order valence-electron chi connectivity index (χ3n) is 3.01. The van der Waals surface area contributed by atoms with Gasteiger partial charge in [0, 0.05) is 22.1 Å². The van der Waals surface area contributed by atoms with Gasteiger partial charge < -0.3 is 5.32 Å². The Morgan fingerprint density at radius 1 is 1.53 bits per heavy atom. The first-order valence-corrected chi connectivity index (χ1v) is 6.55. The van der Waals surface area contributed by atoms with Crippen molar-refractivity contribution in [1.29, 1.82) is 0 Å². The molecule has 0 aliphatic heterocycles. The summed E-state index contributed by atoms with van der Waals surface area (Å²) in [7, 11) is 0. The molecule has 1 N–H and O–H groups in total. The summed E-state index contributed by atoms with van der Waals surface area (Å²) in [6, 6.07) is 6.65. The molecule has 2 atom stereocenters. The van der Waals surface area contributed by atoms with Crippen LogP contribution in [0.15, 0.2) is 22.7 Å². The van der Waals surface area contributed by atoms with E-state index in [1.165, 1.54) is 18.4 Å². The highest BCUT2D eigenvalue weighted by Gasteiger charge is 2.34. The Bertz CT molecular complexity index is 353. The van der Waals surface area contributed by atoms with Crippen LogP contribution in [-0.2, 0) is 6.54 Å². The number of nitrogens with one attached hydrogen (secondary N) is 1. The minimum absolute atomic E-state index is 0.723. The second-order valence-corrected chi connectivity index (χ2v) is 5.42. The molecule has 1 nitrogen and oxygen atoms in total. The number of halogens is 2. The zero-order valence-electron chi connectivity index (χ0n) is 8.76. The zero-order valence-corrected chi connectivity index (χ0v) is 11.1. The van der Waals surface area contributed by atoms with E-state index in [2.05, 4.69) is 28.2 Å². The molecule has 0 aromatic heterocycles. The Morgan fingerprint density at radius 3 is 3.00 bits per heavy atom. The Labute approximate surface area is 104 Å². The normalized spacial score (nSPS) is 24.2. The quantitative estimate of drug-likeness (QED) is 0.883. The molecule has 2 rings (SSSR count). The summed E-state index contributed by atoms with van der Waals surface area (Å²) in [6.07, 6.45) is 2.61. The molecule has 1 fully saturated rings. The minimum Gasteiger partial charge on any atom is -0.310 e. The van der Waals surface area contributed by atoms with Gasteiger partial charge in [-0.15, -0.1) is 0 Å². The van der Waals surface area contributed by atoms with Gasteiger partial charge in [0.2, 0.25) is 0 Å². The van der Waals surface area contributed by atoms with Gasteiger partial charge in [0.25, 0.3) is 0 Å². The second-order valence-electron chi connectivity index (χ2n) is 4.13. The van der Waals surface area contributed by atoms with Crippen LogP contribution in [0.1, 0.15) is 25.3 Å². The van der Waals surface area contributed by atoms with Crippen molar-refractivity contribution in [3.63, 3.8) is 0 Å². The lowest BCUT2D eigenvalue weighted by molar-refractivity contribution is 0.622. The fourth-order valence-corrected chi connectivity index (χ4v) is 2.45. The summed E-state index contributed by atoms with van der Waals surface area (Å²) in [5.74, 6) is 0.892. The SMILES string of the molecule is CCC1CC1NCc1cc(Cl)ccc1Br. The van der Waals surface area contributed by atoms with E-state index in [9.17, 15) is 0 Å². The van der Waals surface area contributed by atoms with Crippen LogP contribution in [0.3, 0.4) is 0 Å². The van der Waals surface area contributed by atoms with Crippen molar-refractivity contribution in [2.45, 2.75) is 32.4 Å². The Balaban J connectivity index is 1.91. The van der Waals surface area contributed by atoms with E-state index in [0.717, 1.165) is 28.0 Å². The Kier molecular flexibility index (Phi) is 3.70. The van der Waals surface area contributed by atoms with Gasteiger partial charge in [0.1, 0.15) is 0 Å². The molecule has 2 unspecified atom stereocenters. The van der Waals surface area contributed by atoms with Crippen LogP contribution in [0.25, 0.3) is 0 Å². The summed E-state index contributed by atoms with van der Waals surface area (Å²) in [6.45, 7) is 3.16. The van der Waals surface area contributed by atoms with Gasteiger partial charge in [0.05, 0.1) is 0 Å². The standard InChI is InChI=1S/C12H15BrClN/c1-2-8-6-12(8)15-7-9-5-10(14)3-4-11(9)13/h3-5,8,12,15H,2,6-7H2,1H3. The highest BCUT2D eigenvalue weighted by atomic mass is 79.9.